The molecule has 0 N–H and O–H groups in total. The van der Waals surface area contributed by atoms with Crippen molar-refractivity contribution in [1.82, 2.24) is 9.78 Å². The van der Waals surface area contributed by atoms with E-state index >= 15 is 0 Å². The molecule has 4 heteroatoms. The third kappa shape index (κ3) is 0.860. The zero-order valence-corrected chi connectivity index (χ0v) is 5.43. The molecule has 0 unspecified atom stereocenters. The number of aromatic nitrogens is 2. The molecular weight excluding hydrogens is 133 g/mol. The van der Waals surface area contributed by atoms with Crippen LogP contribution in [0.3, 0.4) is 0 Å². The Morgan fingerprint density at radius 3 is 2.90 bits per heavy atom. The Balaban J connectivity index is 3.12. The standard InChI is InChI=1S/C6H5FN3/c1-2-10-6(7)5(3-8)4-9-10/h2H2,1H3. The molecule has 1 heterocycles. The van der Waals surface area contributed by atoms with Crippen LogP contribution in [0.1, 0.15) is 12.5 Å². The summed E-state index contributed by atoms with van der Waals surface area (Å²) in [5.74, 6) is -0.606. The molecule has 0 spiro atoms. The molecule has 1 rings (SSSR count). The number of hydrogen-bond donors (Lipinski definition) is 0. The van der Waals surface area contributed by atoms with E-state index in [0.717, 1.165) is 4.68 Å². The van der Waals surface area contributed by atoms with Gasteiger partial charge in [0.1, 0.15) is 17.8 Å². The van der Waals surface area contributed by atoms with Crippen LogP contribution in [0.25, 0.3) is 0 Å². The summed E-state index contributed by atoms with van der Waals surface area (Å²) in [4.78, 5) is 0. The van der Waals surface area contributed by atoms with Crippen molar-refractivity contribution in [1.29, 1.82) is 5.26 Å². The van der Waals surface area contributed by atoms with Crippen LogP contribution < -0.4 is 0 Å². The fourth-order valence-corrected chi connectivity index (χ4v) is 0.610. The molecule has 0 aliphatic heterocycles. The number of nitriles is 1. The zero-order valence-electron chi connectivity index (χ0n) is 5.43. The summed E-state index contributed by atoms with van der Waals surface area (Å²) in [7, 11) is 0. The van der Waals surface area contributed by atoms with E-state index in [9.17, 15) is 4.39 Å². The first-order valence-electron chi connectivity index (χ1n) is 2.83. The number of nitrogens with zero attached hydrogens (tertiary/aromatic N) is 3. The molecule has 10 heavy (non-hydrogen) atoms. The highest BCUT2D eigenvalue weighted by Gasteiger charge is 2.07. The van der Waals surface area contributed by atoms with Crippen molar-refractivity contribution in [3.63, 3.8) is 0 Å². The number of rotatable bonds is 1. The quantitative estimate of drug-likeness (QED) is 0.573. The predicted molar refractivity (Wildman–Crippen MR) is 31.4 cm³/mol. The van der Waals surface area contributed by atoms with Gasteiger partial charge in [0, 0.05) is 6.54 Å². The van der Waals surface area contributed by atoms with Crippen LogP contribution >= 0.6 is 0 Å². The highest BCUT2D eigenvalue weighted by atomic mass is 19.1. The smallest absolute Gasteiger partial charge is 0.230 e. The first-order valence-corrected chi connectivity index (χ1v) is 2.83. The zero-order chi connectivity index (χ0) is 7.56. The van der Waals surface area contributed by atoms with Crippen LogP contribution in [0.2, 0.25) is 0 Å². The van der Waals surface area contributed by atoms with Gasteiger partial charge in [0.15, 0.2) is 0 Å². The number of aryl methyl sites for hydroxylation is 1. The van der Waals surface area contributed by atoms with Gasteiger partial charge in [-0.25, -0.2) is 4.68 Å². The lowest BCUT2D eigenvalue weighted by Crippen LogP contribution is -1.99. The average Bonchev–Trinajstić information content (AvgIpc) is 2.30. The second-order valence-corrected chi connectivity index (χ2v) is 1.71. The van der Waals surface area contributed by atoms with Gasteiger partial charge in [-0.2, -0.15) is 14.8 Å². The highest BCUT2D eigenvalue weighted by Crippen LogP contribution is 2.02. The van der Waals surface area contributed by atoms with Gasteiger partial charge < -0.3 is 0 Å². The van der Waals surface area contributed by atoms with E-state index in [4.69, 9.17) is 5.26 Å². The summed E-state index contributed by atoms with van der Waals surface area (Å²) in [6.45, 7) is 2.16. The number of hydrogen-bond acceptors (Lipinski definition) is 2. The molecule has 0 aliphatic rings. The molecule has 0 atom stereocenters. The molecular formula is C6H5FN3. The fraction of sp³-hybridized carbons (Fsp3) is 0.333. The maximum absolute atomic E-state index is 12.7. The van der Waals surface area contributed by atoms with Crippen molar-refractivity contribution in [3.05, 3.63) is 17.7 Å². The maximum Gasteiger partial charge on any atom is 0.230 e. The first-order chi connectivity index (χ1) is 4.79. The minimum atomic E-state index is -0.606. The van der Waals surface area contributed by atoms with Crippen LogP contribution in [0.4, 0.5) is 4.39 Å². The molecule has 0 aromatic carbocycles. The molecule has 0 aliphatic carbocycles. The Morgan fingerprint density at radius 2 is 2.60 bits per heavy atom. The van der Waals surface area contributed by atoms with Crippen molar-refractivity contribution < 1.29 is 4.39 Å². The van der Waals surface area contributed by atoms with Crippen molar-refractivity contribution in [2.75, 3.05) is 0 Å². The molecule has 0 amide bonds. The summed E-state index contributed by atoms with van der Waals surface area (Å²) in [6.07, 6.45) is 2.25. The lowest BCUT2D eigenvalue weighted by Gasteiger charge is -1.92. The lowest BCUT2D eigenvalue weighted by molar-refractivity contribution is 0.469. The van der Waals surface area contributed by atoms with Gasteiger partial charge in [0.05, 0.1) is 0 Å². The van der Waals surface area contributed by atoms with E-state index in [2.05, 4.69) is 11.3 Å². The number of halogens is 1. The van der Waals surface area contributed by atoms with Crippen LogP contribution in [0.15, 0.2) is 0 Å². The van der Waals surface area contributed by atoms with E-state index < -0.39 is 5.95 Å². The monoisotopic (exact) mass is 138 g/mol. The predicted octanol–water partition coefficient (Wildman–Crippen LogP) is 0.714. The van der Waals surface area contributed by atoms with Gasteiger partial charge in [-0.3, -0.25) is 0 Å². The van der Waals surface area contributed by atoms with Crippen molar-refractivity contribution >= 4 is 0 Å². The molecule has 0 saturated heterocycles. The summed E-state index contributed by atoms with van der Waals surface area (Å²) >= 11 is 0. The minimum absolute atomic E-state index is 0.123. The maximum atomic E-state index is 12.7. The molecule has 0 fully saturated rings. The Bertz CT molecular complexity index is 271. The summed E-state index contributed by atoms with van der Waals surface area (Å²) in [6, 6.07) is 1.64. The lowest BCUT2D eigenvalue weighted by atomic mass is 10.4. The third-order valence-corrected chi connectivity index (χ3v) is 1.13. The van der Waals surface area contributed by atoms with E-state index in [-0.39, 0.29) is 5.56 Å². The van der Waals surface area contributed by atoms with Crippen LogP contribution in [0, 0.1) is 23.5 Å². The van der Waals surface area contributed by atoms with Crippen molar-refractivity contribution in [2.24, 2.45) is 0 Å². The topological polar surface area (TPSA) is 41.6 Å². The Morgan fingerprint density at radius 1 is 1.90 bits per heavy atom. The third-order valence-electron chi connectivity index (χ3n) is 1.13. The van der Waals surface area contributed by atoms with E-state index in [0.29, 0.717) is 6.54 Å². The van der Waals surface area contributed by atoms with Crippen LogP contribution in [-0.2, 0) is 6.54 Å². The second-order valence-electron chi connectivity index (χ2n) is 1.71. The Labute approximate surface area is 57.7 Å². The molecule has 51 valence electrons. The van der Waals surface area contributed by atoms with Gasteiger partial charge in [-0.05, 0) is 6.92 Å². The molecule has 0 bridgehead atoms. The van der Waals surface area contributed by atoms with Gasteiger partial charge in [0.2, 0.25) is 5.95 Å². The van der Waals surface area contributed by atoms with E-state index in [1.807, 2.05) is 0 Å². The summed E-state index contributed by atoms with van der Waals surface area (Å²) < 4.78 is 13.8. The van der Waals surface area contributed by atoms with Gasteiger partial charge in [0.25, 0.3) is 0 Å². The molecule has 3 nitrogen and oxygen atoms in total. The van der Waals surface area contributed by atoms with E-state index in [1.54, 1.807) is 13.0 Å². The highest BCUT2D eigenvalue weighted by molar-refractivity contribution is 5.22. The van der Waals surface area contributed by atoms with E-state index in [1.165, 1.54) is 0 Å². The SMILES string of the molecule is CCn1n[c]c(C#N)c1F. The first kappa shape index (κ1) is 6.75. The van der Waals surface area contributed by atoms with Crippen molar-refractivity contribution in [3.8, 4) is 6.07 Å². The van der Waals surface area contributed by atoms with Crippen LogP contribution in [-0.4, -0.2) is 9.78 Å². The normalized spacial score (nSPS) is 9.30. The Hall–Kier alpha value is -1.37. The molecule has 1 radical (unpaired) electrons. The Kier molecular flexibility index (Phi) is 1.67. The molecule has 1 aromatic rings. The fourth-order valence-electron chi connectivity index (χ4n) is 0.610. The molecule has 0 saturated carbocycles. The minimum Gasteiger partial charge on any atom is -0.238 e. The average molecular weight is 138 g/mol. The van der Waals surface area contributed by atoms with Crippen molar-refractivity contribution in [2.45, 2.75) is 13.5 Å². The summed E-state index contributed by atoms with van der Waals surface area (Å²) in [5, 5.41) is 11.8. The van der Waals surface area contributed by atoms with Gasteiger partial charge in [-0.15, -0.1) is 0 Å². The largest absolute Gasteiger partial charge is 0.238 e. The molecule has 1 aromatic heterocycles. The van der Waals surface area contributed by atoms with Gasteiger partial charge in [-0.1, -0.05) is 0 Å². The second kappa shape index (κ2) is 2.48. The summed E-state index contributed by atoms with van der Waals surface area (Å²) in [5.41, 5.74) is -0.123. The van der Waals surface area contributed by atoms with Gasteiger partial charge >= 0.3 is 0 Å². The van der Waals surface area contributed by atoms with Crippen LogP contribution in [0.5, 0.6) is 0 Å².